The maximum Gasteiger partial charge on any atom is 0.308 e. The second-order valence-electron chi connectivity index (χ2n) is 4.28. The Morgan fingerprint density at radius 1 is 1.56 bits per heavy atom. The van der Waals surface area contributed by atoms with Crippen LogP contribution in [0, 0.1) is 0 Å². The van der Waals surface area contributed by atoms with Crippen molar-refractivity contribution in [3.8, 4) is 0 Å². The van der Waals surface area contributed by atoms with Crippen molar-refractivity contribution >= 4 is 5.97 Å². The van der Waals surface area contributed by atoms with Crippen LogP contribution in [-0.4, -0.2) is 30.6 Å². The van der Waals surface area contributed by atoms with E-state index in [1.54, 1.807) is 13.0 Å². The van der Waals surface area contributed by atoms with Gasteiger partial charge in [-0.25, -0.2) is 0 Å². The monoisotopic (exact) mass is 228 g/mol. The molecule has 0 spiro atoms. The summed E-state index contributed by atoms with van der Waals surface area (Å²) in [6.07, 6.45) is 2.42. The second kappa shape index (κ2) is 5.46. The summed E-state index contributed by atoms with van der Waals surface area (Å²) in [6.45, 7) is 9.56. The Kier molecular flexibility index (Phi) is 4.50. The lowest BCUT2D eigenvalue weighted by molar-refractivity contribution is -0.290. The summed E-state index contributed by atoms with van der Waals surface area (Å²) in [5.41, 5.74) is 0. The molecule has 16 heavy (non-hydrogen) atoms. The third-order valence-corrected chi connectivity index (χ3v) is 2.34. The normalized spacial score (nSPS) is 28.4. The summed E-state index contributed by atoms with van der Waals surface area (Å²) in [5, 5.41) is 0. The van der Waals surface area contributed by atoms with E-state index in [0.29, 0.717) is 13.0 Å². The predicted octanol–water partition coefficient (Wildman–Crippen LogP) is 2.04. The SMILES string of the molecule is C=C[C@@H]1C[C@H](CC(=O)OCC)OC(C)(C)O1. The van der Waals surface area contributed by atoms with Crippen LogP contribution in [0.15, 0.2) is 12.7 Å². The fourth-order valence-corrected chi connectivity index (χ4v) is 1.82. The van der Waals surface area contributed by atoms with Gasteiger partial charge in [-0.1, -0.05) is 6.08 Å². The van der Waals surface area contributed by atoms with Gasteiger partial charge in [0.15, 0.2) is 5.79 Å². The molecule has 1 saturated heterocycles. The molecule has 1 rings (SSSR count). The maximum atomic E-state index is 11.3. The molecule has 1 heterocycles. The Balaban J connectivity index is 2.53. The zero-order valence-electron chi connectivity index (χ0n) is 10.2. The van der Waals surface area contributed by atoms with Gasteiger partial charge in [0.2, 0.25) is 0 Å². The molecule has 1 fully saturated rings. The van der Waals surface area contributed by atoms with E-state index in [1.165, 1.54) is 0 Å². The van der Waals surface area contributed by atoms with Gasteiger partial charge in [-0.05, 0) is 20.8 Å². The van der Waals surface area contributed by atoms with Crippen LogP contribution < -0.4 is 0 Å². The van der Waals surface area contributed by atoms with Crippen molar-refractivity contribution in [2.45, 2.75) is 51.6 Å². The lowest BCUT2D eigenvalue weighted by atomic mass is 10.1. The quantitative estimate of drug-likeness (QED) is 0.545. The molecular weight excluding hydrogens is 208 g/mol. The van der Waals surface area contributed by atoms with Gasteiger partial charge in [0, 0.05) is 6.42 Å². The third kappa shape index (κ3) is 3.94. The Labute approximate surface area is 96.6 Å². The van der Waals surface area contributed by atoms with Crippen molar-refractivity contribution in [1.29, 1.82) is 0 Å². The molecule has 1 aliphatic heterocycles. The van der Waals surface area contributed by atoms with E-state index in [0.717, 1.165) is 0 Å². The number of hydrogen-bond donors (Lipinski definition) is 0. The van der Waals surface area contributed by atoms with Gasteiger partial charge in [-0.15, -0.1) is 6.58 Å². The number of rotatable bonds is 4. The van der Waals surface area contributed by atoms with Crippen LogP contribution in [-0.2, 0) is 19.0 Å². The minimum absolute atomic E-state index is 0.0665. The molecule has 0 aromatic heterocycles. The molecule has 0 aliphatic carbocycles. The minimum Gasteiger partial charge on any atom is -0.466 e. The first-order chi connectivity index (χ1) is 7.46. The molecule has 0 aromatic carbocycles. The van der Waals surface area contributed by atoms with E-state index >= 15 is 0 Å². The van der Waals surface area contributed by atoms with Crippen molar-refractivity contribution in [3.05, 3.63) is 12.7 Å². The van der Waals surface area contributed by atoms with Crippen LogP contribution in [0.2, 0.25) is 0 Å². The van der Waals surface area contributed by atoms with Crippen LogP contribution in [0.25, 0.3) is 0 Å². The Morgan fingerprint density at radius 3 is 2.81 bits per heavy atom. The van der Waals surface area contributed by atoms with Gasteiger partial charge in [0.05, 0.1) is 25.2 Å². The first kappa shape index (κ1) is 13.2. The van der Waals surface area contributed by atoms with Crippen molar-refractivity contribution < 1.29 is 19.0 Å². The average molecular weight is 228 g/mol. The maximum absolute atomic E-state index is 11.3. The molecule has 2 atom stereocenters. The standard InChI is InChI=1S/C12H20O4/c1-5-9-7-10(8-11(13)14-6-2)16-12(3,4)15-9/h5,9-10H,1,6-8H2,2-4H3/t9-,10-/m1/s1. The van der Waals surface area contributed by atoms with E-state index in [-0.39, 0.29) is 24.6 Å². The second-order valence-corrected chi connectivity index (χ2v) is 4.28. The molecule has 0 aromatic rings. The molecule has 0 N–H and O–H groups in total. The summed E-state index contributed by atoms with van der Waals surface area (Å²) in [4.78, 5) is 11.3. The molecule has 4 heteroatoms. The molecule has 92 valence electrons. The Morgan fingerprint density at radius 2 is 2.25 bits per heavy atom. The number of hydrogen-bond acceptors (Lipinski definition) is 4. The molecule has 0 saturated carbocycles. The minimum atomic E-state index is -0.672. The highest BCUT2D eigenvalue weighted by molar-refractivity contribution is 5.69. The first-order valence-electron chi connectivity index (χ1n) is 5.60. The number of carbonyl (C=O) groups excluding carboxylic acids is 1. The van der Waals surface area contributed by atoms with Gasteiger partial charge in [0.1, 0.15) is 0 Å². The van der Waals surface area contributed by atoms with E-state index in [2.05, 4.69) is 6.58 Å². The van der Waals surface area contributed by atoms with Crippen LogP contribution in [0.5, 0.6) is 0 Å². The first-order valence-corrected chi connectivity index (χ1v) is 5.60. The topological polar surface area (TPSA) is 44.8 Å². The molecular formula is C12H20O4. The summed E-state index contributed by atoms with van der Waals surface area (Å²) >= 11 is 0. The van der Waals surface area contributed by atoms with Gasteiger partial charge in [-0.3, -0.25) is 4.79 Å². The predicted molar refractivity (Wildman–Crippen MR) is 59.9 cm³/mol. The lowest BCUT2D eigenvalue weighted by Gasteiger charge is -2.39. The van der Waals surface area contributed by atoms with Gasteiger partial charge < -0.3 is 14.2 Å². The highest BCUT2D eigenvalue weighted by Crippen LogP contribution is 2.28. The van der Waals surface area contributed by atoms with E-state index in [4.69, 9.17) is 14.2 Å². The van der Waals surface area contributed by atoms with Gasteiger partial charge in [0.25, 0.3) is 0 Å². The fraction of sp³-hybridized carbons (Fsp3) is 0.750. The molecule has 0 radical (unpaired) electrons. The largest absolute Gasteiger partial charge is 0.466 e. The summed E-state index contributed by atoms with van der Waals surface area (Å²) in [6, 6.07) is 0. The van der Waals surface area contributed by atoms with E-state index < -0.39 is 5.79 Å². The number of esters is 1. The highest BCUT2D eigenvalue weighted by atomic mass is 16.7. The third-order valence-electron chi connectivity index (χ3n) is 2.34. The van der Waals surface area contributed by atoms with E-state index in [9.17, 15) is 4.79 Å². The van der Waals surface area contributed by atoms with Crippen molar-refractivity contribution in [2.75, 3.05) is 6.61 Å². The Bertz CT molecular complexity index is 260. The summed E-state index contributed by atoms with van der Waals surface area (Å²) in [7, 11) is 0. The molecule has 0 amide bonds. The van der Waals surface area contributed by atoms with Crippen molar-refractivity contribution in [1.82, 2.24) is 0 Å². The van der Waals surface area contributed by atoms with Gasteiger partial charge in [-0.2, -0.15) is 0 Å². The molecule has 0 bridgehead atoms. The highest BCUT2D eigenvalue weighted by Gasteiger charge is 2.35. The van der Waals surface area contributed by atoms with Crippen LogP contribution in [0.1, 0.15) is 33.6 Å². The lowest BCUT2D eigenvalue weighted by Crippen LogP contribution is -2.44. The van der Waals surface area contributed by atoms with Crippen molar-refractivity contribution in [3.63, 3.8) is 0 Å². The van der Waals surface area contributed by atoms with Gasteiger partial charge >= 0.3 is 5.97 Å². The van der Waals surface area contributed by atoms with Crippen LogP contribution in [0.3, 0.4) is 0 Å². The zero-order valence-corrected chi connectivity index (χ0v) is 10.2. The van der Waals surface area contributed by atoms with E-state index in [1.807, 2.05) is 13.8 Å². The average Bonchev–Trinajstić information content (AvgIpc) is 2.15. The number of ether oxygens (including phenoxy) is 3. The molecule has 1 aliphatic rings. The van der Waals surface area contributed by atoms with Crippen LogP contribution >= 0.6 is 0 Å². The van der Waals surface area contributed by atoms with Crippen LogP contribution in [0.4, 0.5) is 0 Å². The fourth-order valence-electron chi connectivity index (χ4n) is 1.82. The smallest absolute Gasteiger partial charge is 0.308 e. The van der Waals surface area contributed by atoms with Crippen molar-refractivity contribution in [2.24, 2.45) is 0 Å². The zero-order chi connectivity index (χ0) is 12.2. The number of carbonyl (C=O) groups is 1. The summed E-state index contributed by atoms with van der Waals surface area (Å²) < 4.78 is 16.2. The molecule has 0 unspecified atom stereocenters. The molecule has 4 nitrogen and oxygen atoms in total. The summed E-state index contributed by atoms with van der Waals surface area (Å²) in [5.74, 6) is -0.901. The Hall–Kier alpha value is -0.870.